The van der Waals surface area contributed by atoms with Gasteiger partial charge in [0.15, 0.2) is 5.76 Å². The summed E-state index contributed by atoms with van der Waals surface area (Å²) in [6, 6.07) is 16.0. The zero-order valence-electron chi connectivity index (χ0n) is 19.9. The normalized spacial score (nSPS) is 23.3. The quantitative estimate of drug-likeness (QED) is 0.367. The summed E-state index contributed by atoms with van der Waals surface area (Å²) < 4.78 is 5.63. The highest BCUT2D eigenvalue weighted by atomic mass is 35.5. The van der Waals surface area contributed by atoms with Crippen molar-refractivity contribution in [3.8, 4) is 0 Å². The number of aliphatic carboxylic acids is 1. The predicted octanol–water partition coefficient (Wildman–Crippen LogP) is 6.98. The fourth-order valence-electron chi connectivity index (χ4n) is 5.30. The van der Waals surface area contributed by atoms with Crippen molar-refractivity contribution >= 4 is 35.1 Å². The summed E-state index contributed by atoms with van der Waals surface area (Å²) in [5, 5.41) is 15.0. The maximum atomic E-state index is 14.2. The Hall–Kier alpha value is -2.83. The Morgan fingerprint density at radius 3 is 2.46 bits per heavy atom. The minimum Gasteiger partial charge on any atom is -0.481 e. The van der Waals surface area contributed by atoms with Crippen molar-refractivity contribution in [3.63, 3.8) is 0 Å². The first kappa shape index (κ1) is 25.3. The molecule has 3 aromatic rings. The molecule has 0 radical (unpaired) electrons. The van der Waals surface area contributed by atoms with Crippen LogP contribution in [0.15, 0.2) is 59.1 Å². The Kier molecular flexibility index (Phi) is 7.25. The molecule has 1 aromatic heterocycles. The van der Waals surface area contributed by atoms with Crippen LogP contribution >= 0.6 is 23.2 Å². The zero-order valence-corrected chi connectivity index (χ0v) is 21.4. The maximum Gasteiger partial charge on any atom is 0.304 e. The van der Waals surface area contributed by atoms with Crippen LogP contribution in [-0.4, -0.2) is 27.0 Å². The largest absolute Gasteiger partial charge is 0.481 e. The Balaban J connectivity index is 1.95. The number of nitrogens with zero attached hydrogens (tertiary/aromatic N) is 2. The lowest BCUT2D eigenvalue weighted by Crippen LogP contribution is -2.53. The molecule has 1 amide bonds. The lowest BCUT2D eigenvalue weighted by atomic mass is 9.67. The number of piperidine rings is 1. The van der Waals surface area contributed by atoms with Gasteiger partial charge in [-0.3, -0.25) is 9.59 Å². The lowest BCUT2D eigenvalue weighted by molar-refractivity contribution is -0.161. The first-order valence-electron chi connectivity index (χ1n) is 11.6. The molecule has 1 saturated heterocycles. The first-order chi connectivity index (χ1) is 16.6. The molecule has 0 bridgehead atoms. The monoisotopic (exact) mass is 514 g/mol. The van der Waals surface area contributed by atoms with Gasteiger partial charge in [0, 0.05) is 22.0 Å². The maximum absolute atomic E-state index is 14.2. The van der Waals surface area contributed by atoms with Crippen LogP contribution in [0.4, 0.5) is 0 Å². The van der Waals surface area contributed by atoms with Crippen molar-refractivity contribution in [2.45, 2.75) is 58.0 Å². The van der Waals surface area contributed by atoms with Crippen molar-refractivity contribution in [1.82, 2.24) is 10.1 Å². The topological polar surface area (TPSA) is 83.6 Å². The molecule has 8 heteroatoms. The highest BCUT2D eigenvalue weighted by Gasteiger charge is 2.53. The fraction of sp³-hybridized carbons (Fsp3) is 0.370. The van der Waals surface area contributed by atoms with Crippen LogP contribution in [0.1, 0.15) is 73.7 Å². The van der Waals surface area contributed by atoms with Crippen LogP contribution in [0.2, 0.25) is 10.0 Å². The molecule has 4 atom stereocenters. The lowest BCUT2D eigenvalue weighted by Gasteiger charge is -2.51. The van der Waals surface area contributed by atoms with Crippen LogP contribution in [0.3, 0.4) is 0 Å². The van der Waals surface area contributed by atoms with E-state index in [0.717, 1.165) is 11.1 Å². The van der Waals surface area contributed by atoms with Crippen molar-refractivity contribution < 1.29 is 19.2 Å². The van der Waals surface area contributed by atoms with E-state index in [2.05, 4.69) is 5.16 Å². The van der Waals surface area contributed by atoms with E-state index >= 15 is 0 Å². The smallest absolute Gasteiger partial charge is 0.304 e. The standard InChI is InChI=1S/C27H28Cl2N2O4/c1-4-22(23-12-16(2)30-35-23)31-25(17-8-10-19(28)11-9-17)21(18-6-5-7-20(29)13-18)14-27(3,26(31)34)15-24(32)33/h5-13,21-22,25H,4,14-15H2,1-3H3,(H,32,33)/t21-,22?,25-,27-/m1/s1. The predicted molar refractivity (Wildman–Crippen MR) is 134 cm³/mol. The molecule has 4 rings (SSSR count). The molecular weight excluding hydrogens is 487 g/mol. The number of carbonyl (C=O) groups excluding carboxylic acids is 1. The molecule has 1 N–H and O–H groups in total. The van der Waals surface area contributed by atoms with Gasteiger partial charge in [0.1, 0.15) is 0 Å². The van der Waals surface area contributed by atoms with E-state index in [0.29, 0.717) is 34.3 Å². The van der Waals surface area contributed by atoms with Gasteiger partial charge in [0.25, 0.3) is 0 Å². The molecule has 1 aliphatic heterocycles. The Morgan fingerprint density at radius 2 is 1.89 bits per heavy atom. The Morgan fingerprint density at radius 1 is 1.17 bits per heavy atom. The molecule has 1 aliphatic rings. The minimum atomic E-state index is -1.12. The molecule has 6 nitrogen and oxygen atoms in total. The summed E-state index contributed by atoms with van der Waals surface area (Å²) >= 11 is 12.6. The summed E-state index contributed by atoms with van der Waals surface area (Å²) in [5.41, 5.74) is 1.44. The van der Waals surface area contributed by atoms with E-state index in [-0.39, 0.29) is 18.2 Å². The summed E-state index contributed by atoms with van der Waals surface area (Å²) in [4.78, 5) is 27.9. The molecule has 2 heterocycles. The highest BCUT2D eigenvalue weighted by Crippen LogP contribution is 2.54. The van der Waals surface area contributed by atoms with Gasteiger partial charge in [-0.15, -0.1) is 0 Å². The van der Waals surface area contributed by atoms with Gasteiger partial charge < -0.3 is 14.5 Å². The molecule has 2 aromatic carbocycles. The van der Waals surface area contributed by atoms with Crippen LogP contribution in [0.5, 0.6) is 0 Å². The van der Waals surface area contributed by atoms with Gasteiger partial charge in [-0.05, 0) is 55.2 Å². The van der Waals surface area contributed by atoms with Gasteiger partial charge >= 0.3 is 5.97 Å². The summed E-state index contributed by atoms with van der Waals surface area (Å²) in [5.74, 6) is -0.880. The Bertz CT molecular complexity index is 1230. The van der Waals surface area contributed by atoms with Crippen molar-refractivity contribution in [3.05, 3.63) is 87.2 Å². The van der Waals surface area contributed by atoms with Gasteiger partial charge in [-0.25, -0.2) is 0 Å². The second-order valence-corrected chi connectivity index (χ2v) is 10.4. The van der Waals surface area contributed by atoms with E-state index in [9.17, 15) is 14.7 Å². The second-order valence-electron chi connectivity index (χ2n) is 9.50. The van der Waals surface area contributed by atoms with Crippen LogP contribution < -0.4 is 0 Å². The average Bonchev–Trinajstić information content (AvgIpc) is 3.23. The van der Waals surface area contributed by atoms with E-state index in [1.165, 1.54) is 0 Å². The van der Waals surface area contributed by atoms with Crippen LogP contribution in [0.25, 0.3) is 0 Å². The van der Waals surface area contributed by atoms with E-state index in [4.69, 9.17) is 27.7 Å². The molecule has 1 fully saturated rings. The van der Waals surface area contributed by atoms with Gasteiger partial charge in [0.05, 0.1) is 29.6 Å². The summed E-state index contributed by atoms with van der Waals surface area (Å²) in [7, 11) is 0. The van der Waals surface area contributed by atoms with Crippen LogP contribution in [0, 0.1) is 12.3 Å². The van der Waals surface area contributed by atoms with E-state index in [1.807, 2.05) is 50.2 Å². The van der Waals surface area contributed by atoms with Crippen molar-refractivity contribution in [2.24, 2.45) is 5.41 Å². The fourth-order valence-corrected chi connectivity index (χ4v) is 5.62. The number of aromatic nitrogens is 1. The molecule has 0 spiro atoms. The van der Waals surface area contributed by atoms with Gasteiger partial charge in [0.2, 0.25) is 5.91 Å². The summed E-state index contributed by atoms with van der Waals surface area (Å²) in [6.45, 7) is 5.55. The summed E-state index contributed by atoms with van der Waals surface area (Å²) in [6.07, 6.45) is 0.641. The average molecular weight is 515 g/mol. The first-order valence-corrected chi connectivity index (χ1v) is 12.4. The zero-order chi connectivity index (χ0) is 25.3. The van der Waals surface area contributed by atoms with E-state index < -0.39 is 23.5 Å². The number of aryl methyl sites for hydroxylation is 1. The number of carboxylic acid groups (broad SMARTS) is 1. The number of carboxylic acids is 1. The molecule has 35 heavy (non-hydrogen) atoms. The molecule has 0 aliphatic carbocycles. The number of amides is 1. The SMILES string of the molecule is CCC(c1cc(C)no1)N1C(=O)[C@@](C)(CC(=O)O)C[C@H](c2cccc(Cl)c2)[C@H]1c1ccc(Cl)cc1. The van der Waals surface area contributed by atoms with Gasteiger partial charge in [-0.1, -0.05) is 66.5 Å². The number of halogens is 2. The minimum absolute atomic E-state index is 0.213. The van der Waals surface area contributed by atoms with Gasteiger partial charge in [-0.2, -0.15) is 0 Å². The third-order valence-electron chi connectivity index (χ3n) is 6.83. The van der Waals surface area contributed by atoms with Crippen LogP contribution in [-0.2, 0) is 9.59 Å². The molecular formula is C27H28Cl2N2O4. The number of benzene rings is 2. The number of hydrogen-bond donors (Lipinski definition) is 1. The third kappa shape index (κ3) is 5.09. The van der Waals surface area contributed by atoms with Crippen molar-refractivity contribution in [1.29, 1.82) is 0 Å². The number of likely N-dealkylation sites (tertiary alicyclic amines) is 1. The molecule has 1 unspecified atom stereocenters. The third-order valence-corrected chi connectivity index (χ3v) is 7.32. The second kappa shape index (κ2) is 10.0. The van der Waals surface area contributed by atoms with E-state index in [1.54, 1.807) is 30.0 Å². The molecule has 0 saturated carbocycles. The Labute approximate surface area is 214 Å². The van der Waals surface area contributed by atoms with Crippen molar-refractivity contribution in [2.75, 3.05) is 0 Å². The highest BCUT2D eigenvalue weighted by molar-refractivity contribution is 6.30. The number of rotatable bonds is 7. The molecule has 184 valence electrons. The number of carbonyl (C=O) groups is 2. The number of hydrogen-bond acceptors (Lipinski definition) is 4.